The van der Waals surface area contributed by atoms with E-state index < -0.39 is 11.3 Å². The summed E-state index contributed by atoms with van der Waals surface area (Å²) in [5.74, 6) is -1.25. The van der Waals surface area contributed by atoms with Gasteiger partial charge in [0.05, 0.1) is 0 Å². The van der Waals surface area contributed by atoms with Crippen molar-refractivity contribution in [2.24, 2.45) is 34.5 Å². The minimum absolute atomic E-state index is 0.148. The van der Waals surface area contributed by atoms with E-state index in [1.54, 1.807) is 6.08 Å². The van der Waals surface area contributed by atoms with Gasteiger partial charge in [-0.1, -0.05) is 12.5 Å². The van der Waals surface area contributed by atoms with Gasteiger partial charge in [0.15, 0.2) is 5.78 Å². The second kappa shape index (κ2) is 4.37. The molecule has 0 aromatic carbocycles. The third-order valence-electron chi connectivity index (χ3n) is 8.42. The lowest BCUT2D eigenvalue weighted by molar-refractivity contribution is -0.131. The molecular formula is C20H24F2O2. The van der Waals surface area contributed by atoms with E-state index in [9.17, 15) is 18.4 Å². The van der Waals surface area contributed by atoms with Crippen molar-refractivity contribution in [2.45, 2.75) is 64.2 Å². The summed E-state index contributed by atoms with van der Waals surface area (Å²) in [4.78, 5) is 24.7. The minimum Gasteiger partial charge on any atom is -0.299 e. The van der Waals surface area contributed by atoms with Crippen LogP contribution in [0.1, 0.15) is 58.3 Å². The number of alkyl halides is 2. The maximum Gasteiger partial charge on any atom is 0.262 e. The molecule has 1 spiro atoms. The SMILES string of the molecule is C[C@]12CC[C@H]3[C@@H](CCC4=CC(=O)C5(C[C@@H]43)CC5(F)F)[C@@H]1CCC2=O. The Hall–Kier alpha value is -1.06. The summed E-state index contributed by atoms with van der Waals surface area (Å²) in [6, 6.07) is 0. The Morgan fingerprint density at radius 2 is 1.83 bits per heavy atom. The maximum atomic E-state index is 13.9. The highest BCUT2D eigenvalue weighted by Gasteiger charge is 2.76. The molecule has 6 atom stereocenters. The van der Waals surface area contributed by atoms with Crippen LogP contribution in [0.3, 0.4) is 0 Å². The summed E-state index contributed by atoms with van der Waals surface area (Å²) < 4.78 is 27.9. The van der Waals surface area contributed by atoms with Crippen LogP contribution in [-0.4, -0.2) is 17.5 Å². The highest BCUT2D eigenvalue weighted by Crippen LogP contribution is 2.69. The van der Waals surface area contributed by atoms with Gasteiger partial charge in [-0.25, -0.2) is 8.78 Å². The second-order valence-electron chi connectivity index (χ2n) is 9.25. The van der Waals surface area contributed by atoms with Crippen LogP contribution in [0.25, 0.3) is 0 Å². The number of carbonyl (C=O) groups excluding carboxylic acids is 2. The van der Waals surface area contributed by atoms with Gasteiger partial charge in [-0.2, -0.15) is 0 Å². The number of ketones is 2. The lowest BCUT2D eigenvalue weighted by Gasteiger charge is -2.52. The van der Waals surface area contributed by atoms with E-state index in [1.807, 2.05) is 0 Å². The van der Waals surface area contributed by atoms with Gasteiger partial charge >= 0.3 is 0 Å². The number of Topliss-reactive ketones (excluding diaryl/α,β-unsaturated/α-hetero) is 1. The minimum atomic E-state index is -2.80. The second-order valence-corrected chi connectivity index (χ2v) is 9.25. The molecule has 4 heteroatoms. The zero-order valence-electron chi connectivity index (χ0n) is 14.1. The van der Waals surface area contributed by atoms with Crippen molar-refractivity contribution in [3.05, 3.63) is 11.6 Å². The normalized spacial score (nSPS) is 51.7. The number of carbonyl (C=O) groups is 2. The van der Waals surface area contributed by atoms with Crippen LogP contribution in [0.15, 0.2) is 11.6 Å². The number of allylic oxidation sites excluding steroid dienone is 1. The van der Waals surface area contributed by atoms with Gasteiger partial charge in [0.2, 0.25) is 0 Å². The van der Waals surface area contributed by atoms with Gasteiger partial charge in [0.1, 0.15) is 11.2 Å². The highest BCUT2D eigenvalue weighted by atomic mass is 19.3. The first-order valence-corrected chi connectivity index (χ1v) is 9.45. The molecule has 4 fully saturated rings. The summed E-state index contributed by atoms with van der Waals surface area (Å²) in [7, 11) is 0. The molecule has 1 unspecified atom stereocenters. The molecule has 0 saturated heterocycles. The molecule has 24 heavy (non-hydrogen) atoms. The van der Waals surface area contributed by atoms with Crippen LogP contribution >= 0.6 is 0 Å². The van der Waals surface area contributed by atoms with E-state index >= 15 is 0 Å². The Labute approximate surface area is 141 Å². The monoisotopic (exact) mass is 334 g/mol. The molecule has 0 radical (unpaired) electrons. The number of rotatable bonds is 0. The summed E-state index contributed by atoms with van der Waals surface area (Å²) in [6.45, 7) is 2.13. The number of fused-ring (bicyclic) bond motifs is 5. The van der Waals surface area contributed by atoms with E-state index in [2.05, 4.69) is 6.92 Å². The van der Waals surface area contributed by atoms with Gasteiger partial charge in [-0.05, 0) is 68.3 Å². The van der Waals surface area contributed by atoms with E-state index in [-0.39, 0.29) is 23.5 Å². The van der Waals surface area contributed by atoms with Crippen LogP contribution in [0.4, 0.5) is 8.78 Å². The van der Waals surface area contributed by atoms with Crippen LogP contribution in [0, 0.1) is 34.5 Å². The molecule has 0 N–H and O–H groups in total. The van der Waals surface area contributed by atoms with Gasteiger partial charge in [0.25, 0.3) is 5.92 Å². The third-order valence-corrected chi connectivity index (χ3v) is 8.42. The Balaban J connectivity index is 1.48. The first-order chi connectivity index (χ1) is 11.3. The lowest BCUT2D eigenvalue weighted by atomic mass is 9.51. The largest absolute Gasteiger partial charge is 0.299 e. The molecule has 0 aromatic heterocycles. The van der Waals surface area contributed by atoms with E-state index in [0.717, 1.165) is 37.7 Å². The molecule has 0 amide bonds. The fourth-order valence-corrected chi connectivity index (χ4v) is 6.86. The summed E-state index contributed by atoms with van der Waals surface area (Å²) in [6.07, 6.45) is 7.09. The van der Waals surface area contributed by atoms with Gasteiger partial charge in [0, 0.05) is 18.3 Å². The molecule has 0 heterocycles. The van der Waals surface area contributed by atoms with Crippen LogP contribution in [-0.2, 0) is 9.59 Å². The molecule has 5 aliphatic rings. The predicted molar refractivity (Wildman–Crippen MR) is 84.5 cm³/mol. The fourth-order valence-electron chi connectivity index (χ4n) is 6.86. The van der Waals surface area contributed by atoms with Crippen molar-refractivity contribution in [3.63, 3.8) is 0 Å². The van der Waals surface area contributed by atoms with Crippen molar-refractivity contribution in [1.29, 1.82) is 0 Å². The molecule has 2 nitrogen and oxygen atoms in total. The van der Waals surface area contributed by atoms with Crippen LogP contribution in [0.5, 0.6) is 0 Å². The zero-order chi connectivity index (χ0) is 16.9. The van der Waals surface area contributed by atoms with Crippen LogP contribution < -0.4 is 0 Å². The van der Waals surface area contributed by atoms with Crippen LogP contribution in [0.2, 0.25) is 0 Å². The van der Waals surface area contributed by atoms with Gasteiger partial charge in [-0.3, -0.25) is 9.59 Å². The molecule has 5 aliphatic carbocycles. The molecular weight excluding hydrogens is 310 g/mol. The van der Waals surface area contributed by atoms with Crippen molar-refractivity contribution in [2.75, 3.05) is 0 Å². The molecule has 130 valence electrons. The van der Waals surface area contributed by atoms with Gasteiger partial charge in [-0.15, -0.1) is 0 Å². The highest BCUT2D eigenvalue weighted by molar-refractivity contribution is 6.00. The molecule has 0 bridgehead atoms. The standard InChI is InChI=1S/C20H24F2O2/c1-18-7-6-12-13(15(18)4-5-16(18)23)3-2-11-8-17(24)19(9-14(11)12)10-20(19,21)22/h8,12-15H,2-7,9-10H2,1H3/t12-,13+,14-,15-,18-,19?/m0/s1. The van der Waals surface area contributed by atoms with E-state index in [4.69, 9.17) is 0 Å². The van der Waals surface area contributed by atoms with Gasteiger partial charge < -0.3 is 0 Å². The predicted octanol–water partition coefficient (Wildman–Crippen LogP) is 4.33. The smallest absolute Gasteiger partial charge is 0.262 e. The van der Waals surface area contributed by atoms with Crippen molar-refractivity contribution in [3.8, 4) is 0 Å². The molecule has 4 saturated carbocycles. The Kier molecular flexibility index (Phi) is 2.77. The Morgan fingerprint density at radius 3 is 2.54 bits per heavy atom. The first-order valence-electron chi connectivity index (χ1n) is 9.45. The topological polar surface area (TPSA) is 34.1 Å². The van der Waals surface area contributed by atoms with Crippen molar-refractivity contribution in [1.82, 2.24) is 0 Å². The average Bonchev–Trinajstić information content (AvgIpc) is 2.93. The van der Waals surface area contributed by atoms with Crippen molar-refractivity contribution < 1.29 is 18.4 Å². The molecule has 5 rings (SSSR count). The summed E-state index contributed by atoms with van der Waals surface area (Å²) in [5.41, 5.74) is -0.425. The number of halogens is 2. The third kappa shape index (κ3) is 1.65. The zero-order valence-corrected chi connectivity index (χ0v) is 14.1. The maximum absolute atomic E-state index is 13.9. The molecule has 0 aliphatic heterocycles. The lowest BCUT2D eigenvalue weighted by Crippen LogP contribution is -2.48. The average molecular weight is 334 g/mol. The number of hydrogen-bond acceptors (Lipinski definition) is 2. The summed E-state index contributed by atoms with van der Waals surface area (Å²) in [5, 5.41) is 0. The van der Waals surface area contributed by atoms with Crippen molar-refractivity contribution >= 4 is 11.6 Å². The van der Waals surface area contributed by atoms with E-state index in [1.165, 1.54) is 0 Å². The first kappa shape index (κ1) is 15.2. The summed E-state index contributed by atoms with van der Waals surface area (Å²) >= 11 is 0. The fraction of sp³-hybridized carbons (Fsp3) is 0.800. The Morgan fingerprint density at radius 1 is 1.08 bits per heavy atom. The van der Waals surface area contributed by atoms with E-state index in [0.29, 0.717) is 36.4 Å². The Bertz CT molecular complexity index is 681. The molecule has 0 aromatic rings. The number of hydrogen-bond donors (Lipinski definition) is 0. The quantitative estimate of drug-likeness (QED) is 0.661.